The van der Waals surface area contributed by atoms with Crippen LogP contribution in [-0.2, 0) is 13.2 Å². The van der Waals surface area contributed by atoms with Crippen LogP contribution in [-0.4, -0.2) is 13.3 Å². The molecule has 0 radical (unpaired) electrons. The smallest absolute Gasteiger partial charge is 0.174 e. The first-order valence-electron chi connectivity index (χ1n) is 10.1. The zero-order valence-electron chi connectivity index (χ0n) is 17.5. The van der Waals surface area contributed by atoms with Crippen LogP contribution in [0.2, 0.25) is 5.02 Å². The Morgan fingerprint density at radius 2 is 1.78 bits per heavy atom. The number of hydrazone groups is 1. The molecule has 0 amide bonds. The molecule has 0 heterocycles. The number of fused-ring (bicyclic) bond motifs is 1. The summed E-state index contributed by atoms with van der Waals surface area (Å²) in [6.07, 6.45) is 1.77. The minimum atomic E-state index is 0.462. The van der Waals surface area contributed by atoms with Crippen LogP contribution in [0.3, 0.4) is 0 Å². The van der Waals surface area contributed by atoms with Crippen molar-refractivity contribution in [2.45, 2.75) is 13.2 Å². The van der Waals surface area contributed by atoms with Crippen molar-refractivity contribution in [3.05, 3.63) is 104 Å². The van der Waals surface area contributed by atoms with Gasteiger partial charge in [0.2, 0.25) is 0 Å². The number of methoxy groups -OCH3 is 1. The third-order valence-electron chi connectivity index (χ3n) is 5.01. The molecular formula is C26H22ClIN2O2. The number of nitrogens with one attached hydrogen (secondary N) is 1. The fourth-order valence-electron chi connectivity index (χ4n) is 3.38. The summed E-state index contributed by atoms with van der Waals surface area (Å²) in [7, 11) is 1.65. The van der Waals surface area contributed by atoms with Crippen LogP contribution in [0.1, 0.15) is 16.7 Å². The van der Waals surface area contributed by atoms with Gasteiger partial charge in [-0.15, -0.1) is 0 Å². The first-order chi connectivity index (χ1) is 15.6. The Bertz CT molecular complexity index is 1240. The summed E-state index contributed by atoms with van der Waals surface area (Å²) in [5.41, 5.74) is 6.22. The number of hydrogen-bond acceptors (Lipinski definition) is 4. The highest BCUT2D eigenvalue weighted by molar-refractivity contribution is 14.1. The van der Waals surface area contributed by atoms with Gasteiger partial charge in [0, 0.05) is 5.02 Å². The molecule has 0 aliphatic rings. The number of halogens is 2. The van der Waals surface area contributed by atoms with Crippen LogP contribution in [0.15, 0.2) is 84.0 Å². The third kappa shape index (κ3) is 5.53. The summed E-state index contributed by atoms with van der Waals surface area (Å²) in [6.45, 7) is 1.08. The van der Waals surface area contributed by atoms with Crippen LogP contribution in [0.25, 0.3) is 10.8 Å². The minimum absolute atomic E-state index is 0.462. The lowest BCUT2D eigenvalue weighted by molar-refractivity contribution is 0.283. The van der Waals surface area contributed by atoms with Crippen molar-refractivity contribution in [1.29, 1.82) is 0 Å². The first-order valence-corrected chi connectivity index (χ1v) is 11.6. The quantitative estimate of drug-likeness (QED) is 0.147. The number of benzene rings is 4. The van der Waals surface area contributed by atoms with E-state index >= 15 is 0 Å². The summed E-state index contributed by atoms with van der Waals surface area (Å²) in [5, 5.41) is 7.45. The molecule has 0 spiro atoms. The SMILES string of the molecule is COc1cc(/C=N\NCc2ccc(Cl)cc2)cc(I)c1OCc1cccc2ccccc12. The van der Waals surface area contributed by atoms with Crippen molar-refractivity contribution >= 4 is 51.2 Å². The molecule has 4 aromatic rings. The standard InChI is InChI=1S/C26H22ClIN2O2/c1-31-25-14-19(16-30-29-15-18-9-11-22(27)12-10-18)13-24(28)26(25)32-17-21-7-4-6-20-5-2-3-8-23(20)21/h2-14,16,29H,15,17H2,1H3/b30-16-. The Kier molecular flexibility index (Phi) is 7.50. The van der Waals surface area contributed by atoms with Gasteiger partial charge in [-0.05, 0) is 74.3 Å². The van der Waals surface area contributed by atoms with E-state index in [9.17, 15) is 0 Å². The second-order valence-electron chi connectivity index (χ2n) is 7.18. The monoisotopic (exact) mass is 556 g/mol. The van der Waals surface area contributed by atoms with Crippen molar-refractivity contribution in [3.63, 3.8) is 0 Å². The van der Waals surface area contributed by atoms with Crippen molar-refractivity contribution in [3.8, 4) is 11.5 Å². The molecule has 0 saturated carbocycles. The highest BCUT2D eigenvalue weighted by Gasteiger charge is 2.12. The van der Waals surface area contributed by atoms with Gasteiger partial charge in [0.15, 0.2) is 11.5 Å². The average molecular weight is 557 g/mol. The predicted molar refractivity (Wildman–Crippen MR) is 140 cm³/mol. The second kappa shape index (κ2) is 10.7. The molecule has 4 aromatic carbocycles. The molecule has 0 unspecified atom stereocenters. The Balaban J connectivity index is 1.45. The van der Waals surface area contributed by atoms with Gasteiger partial charge in [-0.25, -0.2) is 0 Å². The number of hydrogen-bond donors (Lipinski definition) is 1. The van der Waals surface area contributed by atoms with E-state index < -0.39 is 0 Å². The average Bonchev–Trinajstić information content (AvgIpc) is 2.82. The summed E-state index contributed by atoms with van der Waals surface area (Å²) in [4.78, 5) is 0. The van der Waals surface area contributed by atoms with E-state index in [4.69, 9.17) is 21.1 Å². The van der Waals surface area contributed by atoms with Crippen molar-refractivity contribution in [2.75, 3.05) is 7.11 Å². The van der Waals surface area contributed by atoms with E-state index in [-0.39, 0.29) is 0 Å². The van der Waals surface area contributed by atoms with Crippen molar-refractivity contribution in [1.82, 2.24) is 5.43 Å². The maximum Gasteiger partial charge on any atom is 0.174 e. The maximum atomic E-state index is 6.20. The van der Waals surface area contributed by atoms with E-state index in [2.05, 4.69) is 63.4 Å². The van der Waals surface area contributed by atoms with E-state index in [0.717, 1.165) is 31.0 Å². The molecule has 1 N–H and O–H groups in total. The molecule has 0 saturated heterocycles. The largest absolute Gasteiger partial charge is 0.493 e. The lowest BCUT2D eigenvalue weighted by Crippen LogP contribution is -2.06. The van der Waals surface area contributed by atoms with Gasteiger partial charge in [0.05, 0.1) is 23.4 Å². The topological polar surface area (TPSA) is 42.8 Å². The molecule has 0 aromatic heterocycles. The molecule has 0 atom stereocenters. The number of ether oxygens (including phenoxy) is 2. The lowest BCUT2D eigenvalue weighted by Gasteiger charge is -2.14. The summed E-state index contributed by atoms with van der Waals surface area (Å²) in [5.74, 6) is 1.41. The normalized spacial score (nSPS) is 11.1. The van der Waals surface area contributed by atoms with E-state index in [0.29, 0.717) is 18.9 Å². The number of rotatable bonds is 8. The van der Waals surface area contributed by atoms with Crippen LogP contribution >= 0.6 is 34.2 Å². The van der Waals surface area contributed by atoms with E-state index in [1.165, 1.54) is 10.8 Å². The molecule has 0 aliphatic heterocycles. The zero-order chi connectivity index (χ0) is 22.3. The molecule has 0 bridgehead atoms. The third-order valence-corrected chi connectivity index (χ3v) is 6.06. The summed E-state index contributed by atoms with van der Waals surface area (Å²) >= 11 is 8.19. The van der Waals surface area contributed by atoms with Crippen LogP contribution in [0.5, 0.6) is 11.5 Å². The molecule has 32 heavy (non-hydrogen) atoms. The molecule has 0 aliphatic carbocycles. The maximum absolute atomic E-state index is 6.20. The van der Waals surface area contributed by atoms with Crippen LogP contribution in [0, 0.1) is 3.57 Å². The lowest BCUT2D eigenvalue weighted by atomic mass is 10.1. The van der Waals surface area contributed by atoms with Gasteiger partial charge >= 0.3 is 0 Å². The highest BCUT2D eigenvalue weighted by Crippen LogP contribution is 2.34. The van der Waals surface area contributed by atoms with Gasteiger partial charge < -0.3 is 14.9 Å². The molecular weight excluding hydrogens is 535 g/mol. The molecule has 0 fully saturated rings. The second-order valence-corrected chi connectivity index (χ2v) is 8.78. The van der Waals surface area contributed by atoms with Gasteiger partial charge in [0.1, 0.15) is 6.61 Å². The number of nitrogens with zero attached hydrogens (tertiary/aromatic N) is 1. The zero-order valence-corrected chi connectivity index (χ0v) is 20.4. The minimum Gasteiger partial charge on any atom is -0.493 e. The Hall–Kier alpha value is -2.77. The molecule has 6 heteroatoms. The van der Waals surface area contributed by atoms with Crippen LogP contribution in [0.4, 0.5) is 0 Å². The predicted octanol–water partition coefficient (Wildman–Crippen LogP) is 6.81. The van der Waals surface area contributed by atoms with Gasteiger partial charge in [0.25, 0.3) is 0 Å². The first kappa shape index (κ1) is 22.4. The molecule has 4 rings (SSSR count). The fourth-order valence-corrected chi connectivity index (χ4v) is 4.29. The fraction of sp³-hybridized carbons (Fsp3) is 0.115. The van der Waals surface area contributed by atoms with E-state index in [1.807, 2.05) is 48.5 Å². The van der Waals surface area contributed by atoms with E-state index in [1.54, 1.807) is 13.3 Å². The van der Waals surface area contributed by atoms with Gasteiger partial charge in [-0.3, -0.25) is 0 Å². The van der Waals surface area contributed by atoms with Crippen molar-refractivity contribution in [2.24, 2.45) is 5.10 Å². The Morgan fingerprint density at radius 1 is 1.00 bits per heavy atom. The van der Waals surface area contributed by atoms with Gasteiger partial charge in [-0.1, -0.05) is 66.2 Å². The van der Waals surface area contributed by atoms with Crippen LogP contribution < -0.4 is 14.9 Å². The Labute approximate surface area is 206 Å². The highest BCUT2D eigenvalue weighted by atomic mass is 127. The Morgan fingerprint density at radius 3 is 2.59 bits per heavy atom. The molecule has 162 valence electrons. The summed E-state index contributed by atoms with van der Waals surface area (Å²) < 4.78 is 12.8. The van der Waals surface area contributed by atoms with Crippen molar-refractivity contribution < 1.29 is 9.47 Å². The van der Waals surface area contributed by atoms with Gasteiger partial charge in [-0.2, -0.15) is 5.10 Å². The summed E-state index contributed by atoms with van der Waals surface area (Å²) in [6, 6.07) is 26.2. The molecule has 4 nitrogen and oxygen atoms in total.